The van der Waals surface area contributed by atoms with Crippen LogP contribution in [0, 0.1) is 13.8 Å². The highest BCUT2D eigenvalue weighted by Gasteiger charge is 2.14. The highest BCUT2D eigenvalue weighted by molar-refractivity contribution is 9.10. The van der Waals surface area contributed by atoms with E-state index in [-0.39, 0.29) is 0 Å². The van der Waals surface area contributed by atoms with E-state index in [2.05, 4.69) is 20.9 Å². The number of aromatic nitrogens is 1. The van der Waals surface area contributed by atoms with E-state index in [4.69, 9.17) is 0 Å². The van der Waals surface area contributed by atoms with Crippen LogP contribution in [0.3, 0.4) is 0 Å². The molecule has 3 heteroatoms. The van der Waals surface area contributed by atoms with Gasteiger partial charge in [0.2, 0.25) is 0 Å². The number of rotatable bonds is 2. The van der Waals surface area contributed by atoms with Crippen LogP contribution in [0.4, 0.5) is 0 Å². The molecule has 1 unspecified atom stereocenters. The summed E-state index contributed by atoms with van der Waals surface area (Å²) in [5.74, 6) is 0. The highest BCUT2D eigenvalue weighted by Crippen LogP contribution is 2.25. The Balaban J connectivity index is 2.40. The number of benzene rings is 1. The Morgan fingerprint density at radius 3 is 2.59 bits per heavy atom. The first-order valence-electron chi connectivity index (χ1n) is 5.45. The standard InChI is InChI=1S/C14H14BrNO/c1-9-4-3-5-12(10(9)2)14(17)13-7-6-11(15)8-16-13/h3-8,14,17H,1-2H3. The van der Waals surface area contributed by atoms with Gasteiger partial charge in [-0.25, -0.2) is 0 Å². The van der Waals surface area contributed by atoms with Crippen molar-refractivity contribution in [3.8, 4) is 0 Å². The molecule has 0 radical (unpaired) electrons. The van der Waals surface area contributed by atoms with E-state index >= 15 is 0 Å². The van der Waals surface area contributed by atoms with Gasteiger partial charge in [0.1, 0.15) is 6.10 Å². The van der Waals surface area contributed by atoms with Crippen LogP contribution >= 0.6 is 15.9 Å². The monoisotopic (exact) mass is 291 g/mol. The number of hydrogen-bond donors (Lipinski definition) is 1. The van der Waals surface area contributed by atoms with Gasteiger partial charge in [-0.1, -0.05) is 18.2 Å². The molecule has 0 aliphatic carbocycles. The predicted molar refractivity (Wildman–Crippen MR) is 71.9 cm³/mol. The molecule has 1 aromatic carbocycles. The number of halogens is 1. The molecular weight excluding hydrogens is 278 g/mol. The molecule has 0 bridgehead atoms. The number of pyridine rings is 1. The van der Waals surface area contributed by atoms with Gasteiger partial charge < -0.3 is 5.11 Å². The fourth-order valence-electron chi connectivity index (χ4n) is 1.78. The van der Waals surface area contributed by atoms with Crippen molar-refractivity contribution in [1.82, 2.24) is 4.98 Å². The van der Waals surface area contributed by atoms with Gasteiger partial charge in [0, 0.05) is 10.7 Å². The lowest BCUT2D eigenvalue weighted by Gasteiger charge is -2.14. The first-order valence-corrected chi connectivity index (χ1v) is 6.24. The lowest BCUT2D eigenvalue weighted by Crippen LogP contribution is -2.04. The van der Waals surface area contributed by atoms with Crippen molar-refractivity contribution in [1.29, 1.82) is 0 Å². The third-order valence-electron chi connectivity index (χ3n) is 2.97. The van der Waals surface area contributed by atoms with Crippen molar-refractivity contribution >= 4 is 15.9 Å². The SMILES string of the molecule is Cc1cccc(C(O)c2ccc(Br)cn2)c1C. The van der Waals surface area contributed by atoms with Crippen LogP contribution in [0.15, 0.2) is 41.0 Å². The van der Waals surface area contributed by atoms with Gasteiger partial charge in [-0.05, 0) is 58.6 Å². The van der Waals surface area contributed by atoms with Gasteiger partial charge in [-0.3, -0.25) is 4.98 Å². The normalized spacial score (nSPS) is 12.5. The second-order valence-electron chi connectivity index (χ2n) is 4.09. The van der Waals surface area contributed by atoms with Gasteiger partial charge in [0.15, 0.2) is 0 Å². The van der Waals surface area contributed by atoms with Crippen molar-refractivity contribution in [3.05, 3.63) is 63.4 Å². The molecule has 2 nitrogen and oxygen atoms in total. The van der Waals surface area contributed by atoms with E-state index in [1.165, 1.54) is 5.56 Å². The second kappa shape index (κ2) is 4.98. The molecule has 0 aliphatic rings. The molecule has 1 N–H and O–H groups in total. The van der Waals surface area contributed by atoms with Crippen molar-refractivity contribution in [2.24, 2.45) is 0 Å². The first kappa shape index (κ1) is 12.3. The third kappa shape index (κ3) is 2.56. The number of aliphatic hydroxyl groups is 1. The zero-order valence-corrected chi connectivity index (χ0v) is 11.4. The number of aryl methyl sites for hydroxylation is 1. The summed E-state index contributed by atoms with van der Waals surface area (Å²) in [5.41, 5.74) is 3.88. The molecule has 0 spiro atoms. The largest absolute Gasteiger partial charge is 0.382 e. The molecule has 1 atom stereocenters. The third-order valence-corrected chi connectivity index (χ3v) is 3.44. The first-order chi connectivity index (χ1) is 8.09. The molecule has 1 heterocycles. The van der Waals surface area contributed by atoms with Crippen molar-refractivity contribution in [3.63, 3.8) is 0 Å². The molecule has 0 saturated carbocycles. The molecule has 1 aromatic heterocycles. The molecule has 0 fully saturated rings. The van der Waals surface area contributed by atoms with Crippen LogP contribution in [0.2, 0.25) is 0 Å². The molecule has 0 amide bonds. The molecule has 88 valence electrons. The summed E-state index contributed by atoms with van der Waals surface area (Å²) in [5, 5.41) is 10.3. The minimum atomic E-state index is -0.664. The Labute approximate surface area is 109 Å². The van der Waals surface area contributed by atoms with E-state index in [0.29, 0.717) is 5.69 Å². The maximum absolute atomic E-state index is 10.3. The van der Waals surface area contributed by atoms with E-state index in [0.717, 1.165) is 15.6 Å². The van der Waals surface area contributed by atoms with Gasteiger partial charge in [0.25, 0.3) is 0 Å². The quantitative estimate of drug-likeness (QED) is 0.918. The van der Waals surface area contributed by atoms with Gasteiger partial charge >= 0.3 is 0 Å². The molecule has 0 aliphatic heterocycles. The molecule has 2 rings (SSSR count). The Hall–Kier alpha value is -1.19. The van der Waals surface area contributed by atoms with Crippen LogP contribution in [0.1, 0.15) is 28.5 Å². The summed E-state index contributed by atoms with van der Waals surface area (Å²) < 4.78 is 0.911. The lowest BCUT2D eigenvalue weighted by atomic mass is 9.97. The predicted octanol–water partition coefficient (Wildman–Crippen LogP) is 3.54. The Morgan fingerprint density at radius 2 is 1.94 bits per heavy atom. The summed E-state index contributed by atoms with van der Waals surface area (Å²) >= 11 is 3.33. The average molecular weight is 292 g/mol. The maximum Gasteiger partial charge on any atom is 0.121 e. The molecule has 2 aromatic rings. The Kier molecular flexibility index (Phi) is 3.60. The summed E-state index contributed by atoms with van der Waals surface area (Å²) in [6.45, 7) is 4.06. The topological polar surface area (TPSA) is 33.1 Å². The fourth-order valence-corrected chi connectivity index (χ4v) is 2.01. The average Bonchev–Trinajstić information content (AvgIpc) is 2.33. The van der Waals surface area contributed by atoms with Crippen LogP contribution in [0.5, 0.6) is 0 Å². The van der Waals surface area contributed by atoms with Crippen LogP contribution < -0.4 is 0 Å². The number of aliphatic hydroxyl groups excluding tert-OH is 1. The molecule has 0 saturated heterocycles. The van der Waals surface area contributed by atoms with E-state index < -0.39 is 6.10 Å². The summed E-state index contributed by atoms with van der Waals surface area (Å²) in [7, 11) is 0. The van der Waals surface area contributed by atoms with E-state index in [9.17, 15) is 5.11 Å². The second-order valence-corrected chi connectivity index (χ2v) is 5.01. The maximum atomic E-state index is 10.3. The van der Waals surface area contributed by atoms with Gasteiger partial charge in [-0.2, -0.15) is 0 Å². The van der Waals surface area contributed by atoms with Crippen molar-refractivity contribution in [2.75, 3.05) is 0 Å². The van der Waals surface area contributed by atoms with Gasteiger partial charge in [-0.15, -0.1) is 0 Å². The van der Waals surface area contributed by atoms with Crippen molar-refractivity contribution < 1.29 is 5.11 Å². The Bertz CT molecular complexity index is 522. The minimum Gasteiger partial charge on any atom is -0.382 e. The number of nitrogens with zero attached hydrogens (tertiary/aromatic N) is 1. The van der Waals surface area contributed by atoms with Crippen LogP contribution in [0.25, 0.3) is 0 Å². The van der Waals surface area contributed by atoms with Crippen molar-refractivity contribution in [2.45, 2.75) is 20.0 Å². The smallest absolute Gasteiger partial charge is 0.121 e. The van der Waals surface area contributed by atoms with E-state index in [1.807, 2.05) is 44.2 Å². The van der Waals surface area contributed by atoms with Crippen LogP contribution in [-0.2, 0) is 0 Å². The molecular formula is C14H14BrNO. The summed E-state index contributed by atoms with van der Waals surface area (Å²) in [4.78, 5) is 4.23. The Morgan fingerprint density at radius 1 is 1.18 bits per heavy atom. The van der Waals surface area contributed by atoms with E-state index in [1.54, 1.807) is 6.20 Å². The summed E-state index contributed by atoms with van der Waals surface area (Å²) in [6.07, 6.45) is 1.03. The number of hydrogen-bond acceptors (Lipinski definition) is 2. The summed E-state index contributed by atoms with van der Waals surface area (Å²) in [6, 6.07) is 9.66. The zero-order chi connectivity index (χ0) is 12.4. The lowest BCUT2D eigenvalue weighted by molar-refractivity contribution is 0.214. The zero-order valence-electron chi connectivity index (χ0n) is 9.81. The molecule has 17 heavy (non-hydrogen) atoms. The minimum absolute atomic E-state index is 0.664. The van der Waals surface area contributed by atoms with Crippen LogP contribution in [-0.4, -0.2) is 10.1 Å². The highest BCUT2D eigenvalue weighted by atomic mass is 79.9. The van der Waals surface area contributed by atoms with Gasteiger partial charge in [0.05, 0.1) is 5.69 Å². The fraction of sp³-hybridized carbons (Fsp3) is 0.214.